The van der Waals surface area contributed by atoms with E-state index in [-0.39, 0.29) is 5.91 Å². The van der Waals surface area contributed by atoms with Gasteiger partial charge in [-0.3, -0.25) is 4.79 Å². The number of carbonyl (C=O) groups is 1. The number of hydrogen-bond acceptors (Lipinski definition) is 3. The van der Waals surface area contributed by atoms with Crippen LogP contribution in [0, 0.1) is 0 Å². The van der Waals surface area contributed by atoms with Crippen molar-refractivity contribution in [3.05, 3.63) is 72.4 Å². The summed E-state index contributed by atoms with van der Waals surface area (Å²) in [7, 11) is 0. The Morgan fingerprint density at radius 1 is 1.07 bits per heavy atom. The van der Waals surface area contributed by atoms with Crippen LogP contribution in [0.4, 0.5) is 5.69 Å². The van der Waals surface area contributed by atoms with Crippen molar-refractivity contribution in [2.24, 2.45) is 0 Å². The van der Waals surface area contributed by atoms with Crippen LogP contribution >= 0.6 is 0 Å². The molecule has 1 aliphatic rings. The number of aryl methyl sites for hydroxylation is 2. The zero-order valence-electron chi connectivity index (χ0n) is 14.8. The van der Waals surface area contributed by atoms with Crippen LogP contribution in [0.1, 0.15) is 29.2 Å². The molecule has 2 aromatic heterocycles. The van der Waals surface area contributed by atoms with Crippen LogP contribution in [0.25, 0.3) is 22.2 Å². The first-order valence-corrected chi connectivity index (χ1v) is 9.23. The molecule has 4 aromatic rings. The van der Waals surface area contributed by atoms with Gasteiger partial charge in [-0.1, -0.05) is 36.4 Å². The topological polar surface area (TPSA) is 60.1 Å². The van der Waals surface area contributed by atoms with Crippen molar-refractivity contribution in [2.75, 3.05) is 5.32 Å². The molecule has 0 radical (unpaired) electrons. The van der Waals surface area contributed by atoms with Crippen molar-refractivity contribution in [3.63, 3.8) is 0 Å². The van der Waals surface area contributed by atoms with Crippen molar-refractivity contribution >= 4 is 22.6 Å². The van der Waals surface area contributed by atoms with Crippen LogP contribution in [0.3, 0.4) is 0 Å². The predicted molar refractivity (Wildman–Crippen MR) is 105 cm³/mol. The Labute approximate surface area is 156 Å². The molecule has 0 spiro atoms. The smallest absolute Gasteiger partial charge is 0.291 e. The number of carbonyl (C=O) groups excluding carboxylic acids is 1. The van der Waals surface area contributed by atoms with Gasteiger partial charge in [0.05, 0.1) is 11.4 Å². The van der Waals surface area contributed by atoms with Gasteiger partial charge in [0.25, 0.3) is 5.91 Å². The molecular formula is C22H19N3O2. The Balaban J connectivity index is 1.47. The third kappa shape index (κ3) is 2.91. The zero-order chi connectivity index (χ0) is 18.2. The highest BCUT2D eigenvalue weighted by molar-refractivity contribution is 6.06. The van der Waals surface area contributed by atoms with Crippen molar-refractivity contribution in [1.82, 2.24) is 9.55 Å². The minimum Gasteiger partial charge on any atom is -0.451 e. The highest BCUT2D eigenvalue weighted by Gasteiger charge is 2.18. The van der Waals surface area contributed by atoms with E-state index in [9.17, 15) is 4.79 Å². The molecule has 1 amide bonds. The lowest BCUT2D eigenvalue weighted by Crippen LogP contribution is -2.11. The summed E-state index contributed by atoms with van der Waals surface area (Å²) in [4.78, 5) is 17.5. The SMILES string of the molecule is O=C(Nc1ccccc1-c1cn2c(n1)CCCC2)c1cc2ccccc2o1. The van der Waals surface area contributed by atoms with E-state index in [0.717, 1.165) is 41.1 Å². The molecule has 5 nitrogen and oxygen atoms in total. The Bertz CT molecular complexity index is 1080. The lowest BCUT2D eigenvalue weighted by atomic mass is 10.1. The summed E-state index contributed by atoms with van der Waals surface area (Å²) in [6.07, 6.45) is 5.46. The lowest BCUT2D eigenvalue weighted by Gasteiger charge is -2.11. The molecule has 5 heteroatoms. The molecule has 2 aromatic carbocycles. The molecular weight excluding hydrogens is 338 g/mol. The van der Waals surface area contributed by atoms with Crippen molar-refractivity contribution in [3.8, 4) is 11.3 Å². The number of furan rings is 1. The fraction of sp³-hybridized carbons (Fsp3) is 0.182. The number of aromatic nitrogens is 2. The number of imidazole rings is 1. The van der Waals surface area contributed by atoms with E-state index in [2.05, 4.69) is 16.1 Å². The monoisotopic (exact) mass is 357 g/mol. The van der Waals surface area contributed by atoms with E-state index in [1.54, 1.807) is 6.07 Å². The summed E-state index contributed by atoms with van der Waals surface area (Å²) in [6, 6.07) is 17.1. The zero-order valence-corrected chi connectivity index (χ0v) is 14.8. The molecule has 0 bridgehead atoms. The van der Waals surface area contributed by atoms with Gasteiger partial charge in [-0.2, -0.15) is 0 Å². The van der Waals surface area contributed by atoms with Crippen LogP contribution in [-0.4, -0.2) is 15.5 Å². The van der Waals surface area contributed by atoms with Crippen molar-refractivity contribution in [1.29, 1.82) is 0 Å². The van der Waals surface area contributed by atoms with E-state index in [0.29, 0.717) is 11.3 Å². The van der Waals surface area contributed by atoms with E-state index in [1.807, 2.05) is 48.5 Å². The third-order valence-corrected chi connectivity index (χ3v) is 5.01. The van der Waals surface area contributed by atoms with Gasteiger partial charge in [-0.05, 0) is 31.0 Å². The maximum atomic E-state index is 12.7. The Morgan fingerprint density at radius 2 is 1.93 bits per heavy atom. The summed E-state index contributed by atoms with van der Waals surface area (Å²) < 4.78 is 7.90. The van der Waals surface area contributed by atoms with E-state index in [4.69, 9.17) is 9.40 Å². The second-order valence-corrected chi connectivity index (χ2v) is 6.84. The number of nitrogens with one attached hydrogen (secondary N) is 1. The number of benzene rings is 2. The standard InChI is InChI=1S/C22H19N3O2/c26-22(20-13-15-7-1-4-10-19(15)27-20)24-17-9-3-2-8-16(17)18-14-25-12-6-5-11-21(25)23-18/h1-4,7-10,13-14H,5-6,11-12H2,(H,24,26). The number of rotatable bonds is 3. The Morgan fingerprint density at radius 3 is 2.81 bits per heavy atom. The first kappa shape index (κ1) is 15.9. The molecule has 1 aliphatic heterocycles. The second kappa shape index (κ2) is 6.43. The first-order valence-electron chi connectivity index (χ1n) is 9.23. The third-order valence-electron chi connectivity index (χ3n) is 5.01. The number of amides is 1. The van der Waals surface area contributed by atoms with Crippen LogP contribution in [-0.2, 0) is 13.0 Å². The molecule has 0 fully saturated rings. The molecule has 0 saturated carbocycles. The predicted octanol–water partition coefficient (Wildman–Crippen LogP) is 4.88. The summed E-state index contributed by atoms with van der Waals surface area (Å²) in [6.45, 7) is 1.01. The van der Waals surface area contributed by atoms with E-state index in [1.165, 1.54) is 12.8 Å². The van der Waals surface area contributed by atoms with Gasteiger partial charge in [0.15, 0.2) is 5.76 Å². The fourth-order valence-electron chi connectivity index (χ4n) is 3.64. The molecule has 0 saturated heterocycles. The molecule has 134 valence electrons. The van der Waals surface area contributed by atoms with Gasteiger partial charge in [0.2, 0.25) is 0 Å². The van der Waals surface area contributed by atoms with Gasteiger partial charge in [0.1, 0.15) is 11.4 Å². The molecule has 27 heavy (non-hydrogen) atoms. The van der Waals surface area contributed by atoms with Crippen molar-refractivity contribution < 1.29 is 9.21 Å². The van der Waals surface area contributed by atoms with Crippen LogP contribution in [0.5, 0.6) is 0 Å². The van der Waals surface area contributed by atoms with Gasteiger partial charge >= 0.3 is 0 Å². The van der Waals surface area contributed by atoms with Gasteiger partial charge < -0.3 is 14.3 Å². The summed E-state index contributed by atoms with van der Waals surface area (Å²) in [5.41, 5.74) is 3.26. The first-order chi connectivity index (χ1) is 13.3. The average molecular weight is 357 g/mol. The largest absolute Gasteiger partial charge is 0.451 e. The maximum Gasteiger partial charge on any atom is 0.291 e. The van der Waals surface area contributed by atoms with Crippen LogP contribution in [0.15, 0.2) is 65.2 Å². The van der Waals surface area contributed by atoms with Gasteiger partial charge in [-0.15, -0.1) is 0 Å². The van der Waals surface area contributed by atoms with Crippen molar-refractivity contribution in [2.45, 2.75) is 25.8 Å². The summed E-state index contributed by atoms with van der Waals surface area (Å²) in [5.74, 6) is 1.16. The fourth-order valence-corrected chi connectivity index (χ4v) is 3.64. The Hall–Kier alpha value is -3.34. The summed E-state index contributed by atoms with van der Waals surface area (Å²) in [5, 5.41) is 3.90. The number of fused-ring (bicyclic) bond motifs is 2. The average Bonchev–Trinajstić information content (AvgIpc) is 3.32. The molecule has 0 atom stereocenters. The van der Waals surface area contributed by atoms with Gasteiger partial charge in [0, 0.05) is 30.1 Å². The molecule has 0 unspecified atom stereocenters. The molecule has 1 N–H and O–H groups in total. The number of hydrogen-bond donors (Lipinski definition) is 1. The second-order valence-electron chi connectivity index (χ2n) is 6.84. The molecule has 0 aliphatic carbocycles. The molecule has 5 rings (SSSR count). The highest BCUT2D eigenvalue weighted by atomic mass is 16.3. The van der Waals surface area contributed by atoms with E-state index < -0.39 is 0 Å². The Kier molecular flexibility index (Phi) is 3.78. The number of para-hydroxylation sites is 2. The normalized spacial score (nSPS) is 13.5. The highest BCUT2D eigenvalue weighted by Crippen LogP contribution is 2.29. The van der Waals surface area contributed by atoms with Crippen LogP contribution in [0.2, 0.25) is 0 Å². The number of anilines is 1. The maximum absolute atomic E-state index is 12.7. The van der Waals surface area contributed by atoms with E-state index >= 15 is 0 Å². The minimum absolute atomic E-state index is 0.261. The van der Waals surface area contributed by atoms with Crippen LogP contribution < -0.4 is 5.32 Å². The van der Waals surface area contributed by atoms with Gasteiger partial charge in [-0.25, -0.2) is 4.98 Å². The number of nitrogens with zero attached hydrogens (tertiary/aromatic N) is 2. The quantitative estimate of drug-likeness (QED) is 0.568. The minimum atomic E-state index is -0.261. The lowest BCUT2D eigenvalue weighted by molar-refractivity contribution is 0.0999. The summed E-state index contributed by atoms with van der Waals surface area (Å²) >= 11 is 0. The molecule has 3 heterocycles.